The zero-order chi connectivity index (χ0) is 14.2. The molecule has 1 heterocycles. The van der Waals surface area contributed by atoms with Crippen molar-refractivity contribution in [2.75, 3.05) is 25.0 Å². The number of anilines is 1. The lowest BCUT2D eigenvalue weighted by atomic mass is 9.96. The van der Waals surface area contributed by atoms with Gasteiger partial charge in [-0.15, -0.1) is 0 Å². The number of likely N-dealkylation sites (N-methyl/N-ethyl adjacent to an activating group) is 1. The number of carbonyl (C=O) groups is 1. The van der Waals surface area contributed by atoms with Gasteiger partial charge < -0.3 is 15.5 Å². The fourth-order valence-corrected chi connectivity index (χ4v) is 2.57. The van der Waals surface area contributed by atoms with Crippen molar-refractivity contribution in [3.8, 4) is 0 Å². The highest BCUT2D eigenvalue weighted by Crippen LogP contribution is 2.29. The molecule has 19 heavy (non-hydrogen) atoms. The van der Waals surface area contributed by atoms with Gasteiger partial charge in [0.15, 0.2) is 0 Å². The van der Waals surface area contributed by atoms with Crippen LogP contribution in [0.5, 0.6) is 0 Å². The minimum absolute atomic E-state index is 0.0392. The van der Waals surface area contributed by atoms with Crippen molar-refractivity contribution >= 4 is 11.6 Å². The largest absolute Gasteiger partial charge is 0.356 e. The van der Waals surface area contributed by atoms with Crippen LogP contribution in [0.2, 0.25) is 0 Å². The van der Waals surface area contributed by atoms with E-state index >= 15 is 0 Å². The van der Waals surface area contributed by atoms with Gasteiger partial charge in [0.05, 0.1) is 0 Å². The second-order valence-electron chi connectivity index (χ2n) is 5.46. The SMILES string of the molecule is CN1CCN(c2cc(F)cc(CN)c2)C(C)(C)C1=O. The molecule has 1 saturated heterocycles. The van der Waals surface area contributed by atoms with E-state index < -0.39 is 5.54 Å². The highest BCUT2D eigenvalue weighted by Gasteiger charge is 2.40. The number of nitrogens with two attached hydrogens (primary N) is 1. The van der Waals surface area contributed by atoms with Crippen molar-refractivity contribution in [1.29, 1.82) is 0 Å². The van der Waals surface area contributed by atoms with Crippen molar-refractivity contribution in [2.45, 2.75) is 25.9 Å². The van der Waals surface area contributed by atoms with Crippen molar-refractivity contribution in [3.63, 3.8) is 0 Å². The third kappa shape index (κ3) is 2.42. The van der Waals surface area contributed by atoms with E-state index in [0.29, 0.717) is 18.8 Å². The quantitative estimate of drug-likeness (QED) is 0.878. The van der Waals surface area contributed by atoms with E-state index in [9.17, 15) is 9.18 Å². The highest BCUT2D eigenvalue weighted by molar-refractivity contribution is 5.90. The summed E-state index contributed by atoms with van der Waals surface area (Å²) in [5, 5.41) is 0. The Balaban J connectivity index is 2.41. The van der Waals surface area contributed by atoms with Crippen LogP contribution < -0.4 is 10.6 Å². The third-order valence-corrected chi connectivity index (χ3v) is 3.69. The van der Waals surface area contributed by atoms with Crippen molar-refractivity contribution in [3.05, 3.63) is 29.6 Å². The summed E-state index contributed by atoms with van der Waals surface area (Å²) in [5.41, 5.74) is 6.35. The van der Waals surface area contributed by atoms with Gasteiger partial charge >= 0.3 is 0 Å². The maximum absolute atomic E-state index is 13.6. The molecule has 1 aromatic carbocycles. The molecule has 1 fully saturated rings. The van der Waals surface area contributed by atoms with Crippen molar-refractivity contribution < 1.29 is 9.18 Å². The average molecular weight is 265 g/mol. The second-order valence-corrected chi connectivity index (χ2v) is 5.46. The standard InChI is InChI=1S/C14H20FN3O/c1-14(2)13(19)17(3)4-5-18(14)12-7-10(9-16)6-11(15)8-12/h6-8H,4-5,9,16H2,1-3H3. The Morgan fingerprint density at radius 1 is 1.32 bits per heavy atom. The molecular formula is C14H20FN3O. The van der Waals surface area contributed by atoms with E-state index in [1.807, 2.05) is 24.8 Å². The molecule has 0 atom stereocenters. The van der Waals surface area contributed by atoms with Crippen LogP contribution in [0.1, 0.15) is 19.4 Å². The van der Waals surface area contributed by atoms with Gasteiger partial charge in [-0.05, 0) is 37.6 Å². The van der Waals surface area contributed by atoms with Crippen LogP contribution in [0.4, 0.5) is 10.1 Å². The minimum atomic E-state index is -0.674. The highest BCUT2D eigenvalue weighted by atomic mass is 19.1. The van der Waals surface area contributed by atoms with Crippen LogP contribution >= 0.6 is 0 Å². The van der Waals surface area contributed by atoms with Gasteiger partial charge in [0.25, 0.3) is 0 Å². The number of piperazine rings is 1. The number of hydrogen-bond donors (Lipinski definition) is 1. The Kier molecular flexibility index (Phi) is 3.49. The Hall–Kier alpha value is -1.62. The first-order valence-corrected chi connectivity index (χ1v) is 6.39. The van der Waals surface area contributed by atoms with Gasteiger partial charge in [-0.2, -0.15) is 0 Å². The summed E-state index contributed by atoms with van der Waals surface area (Å²) in [5.74, 6) is -0.280. The Morgan fingerprint density at radius 3 is 2.63 bits per heavy atom. The Labute approximate surface area is 113 Å². The first-order valence-electron chi connectivity index (χ1n) is 6.39. The number of halogens is 1. The summed E-state index contributed by atoms with van der Waals surface area (Å²) in [7, 11) is 1.79. The van der Waals surface area contributed by atoms with Crippen LogP contribution in [0.15, 0.2) is 18.2 Å². The lowest BCUT2D eigenvalue weighted by Crippen LogP contribution is -2.62. The normalized spacial score (nSPS) is 18.9. The molecule has 1 aliphatic heterocycles. The summed E-state index contributed by atoms with van der Waals surface area (Å²) in [6, 6.07) is 4.73. The van der Waals surface area contributed by atoms with E-state index in [-0.39, 0.29) is 18.3 Å². The molecular weight excluding hydrogens is 245 g/mol. The number of carbonyl (C=O) groups excluding carboxylic acids is 1. The minimum Gasteiger partial charge on any atom is -0.356 e. The molecule has 2 N–H and O–H groups in total. The summed E-state index contributed by atoms with van der Waals surface area (Å²) in [6.45, 7) is 5.32. The first-order chi connectivity index (χ1) is 8.86. The predicted octanol–water partition coefficient (Wildman–Crippen LogP) is 1.34. The Morgan fingerprint density at radius 2 is 2.00 bits per heavy atom. The molecule has 5 heteroatoms. The second kappa shape index (κ2) is 4.81. The Bertz CT molecular complexity index is 501. The average Bonchev–Trinajstić information content (AvgIpc) is 2.35. The maximum Gasteiger partial charge on any atom is 0.247 e. The molecule has 0 radical (unpaired) electrons. The van der Waals surface area contributed by atoms with Gasteiger partial charge in [0.1, 0.15) is 11.4 Å². The summed E-state index contributed by atoms with van der Waals surface area (Å²) >= 11 is 0. The maximum atomic E-state index is 13.6. The van der Waals surface area contributed by atoms with Gasteiger partial charge in [-0.25, -0.2) is 4.39 Å². The molecule has 0 saturated carbocycles. The number of rotatable bonds is 2. The van der Waals surface area contributed by atoms with Gasteiger partial charge in [-0.3, -0.25) is 4.79 Å². The summed E-state index contributed by atoms with van der Waals surface area (Å²) in [4.78, 5) is 15.9. The monoisotopic (exact) mass is 265 g/mol. The fraction of sp³-hybridized carbons (Fsp3) is 0.500. The molecule has 0 aromatic heterocycles. The van der Waals surface area contributed by atoms with Gasteiger partial charge in [0.2, 0.25) is 5.91 Å². The van der Waals surface area contributed by atoms with Crippen LogP contribution in [-0.4, -0.2) is 36.5 Å². The molecule has 0 unspecified atom stereocenters. The number of nitrogens with zero attached hydrogens (tertiary/aromatic N) is 2. The van der Waals surface area contributed by atoms with Crippen LogP contribution in [0, 0.1) is 5.82 Å². The number of amides is 1. The topological polar surface area (TPSA) is 49.6 Å². The van der Waals surface area contributed by atoms with Crippen molar-refractivity contribution in [1.82, 2.24) is 4.90 Å². The molecule has 1 aromatic rings. The molecule has 4 nitrogen and oxygen atoms in total. The van der Waals surface area contributed by atoms with Crippen LogP contribution in [0.3, 0.4) is 0 Å². The first kappa shape index (κ1) is 13.8. The van der Waals surface area contributed by atoms with Gasteiger partial charge in [0, 0.05) is 32.4 Å². The fourth-order valence-electron chi connectivity index (χ4n) is 2.57. The van der Waals surface area contributed by atoms with E-state index in [1.54, 1.807) is 11.9 Å². The third-order valence-electron chi connectivity index (χ3n) is 3.69. The molecule has 0 aliphatic carbocycles. The smallest absolute Gasteiger partial charge is 0.247 e. The predicted molar refractivity (Wildman–Crippen MR) is 73.4 cm³/mol. The van der Waals surface area contributed by atoms with E-state index in [1.165, 1.54) is 12.1 Å². The molecule has 104 valence electrons. The molecule has 0 bridgehead atoms. The lowest BCUT2D eigenvalue weighted by molar-refractivity contribution is -0.136. The zero-order valence-corrected chi connectivity index (χ0v) is 11.6. The zero-order valence-electron chi connectivity index (χ0n) is 11.6. The van der Waals surface area contributed by atoms with E-state index in [2.05, 4.69) is 0 Å². The van der Waals surface area contributed by atoms with Gasteiger partial charge in [-0.1, -0.05) is 0 Å². The van der Waals surface area contributed by atoms with E-state index in [0.717, 1.165) is 5.56 Å². The lowest BCUT2D eigenvalue weighted by Gasteiger charge is -2.46. The molecule has 1 amide bonds. The van der Waals surface area contributed by atoms with Crippen LogP contribution in [0.25, 0.3) is 0 Å². The molecule has 1 aliphatic rings. The number of benzene rings is 1. The van der Waals surface area contributed by atoms with Crippen LogP contribution in [-0.2, 0) is 11.3 Å². The summed E-state index contributed by atoms with van der Waals surface area (Å²) in [6.07, 6.45) is 0. The summed E-state index contributed by atoms with van der Waals surface area (Å²) < 4.78 is 13.6. The molecule has 0 spiro atoms. The number of hydrogen-bond acceptors (Lipinski definition) is 3. The van der Waals surface area contributed by atoms with Crippen molar-refractivity contribution in [2.24, 2.45) is 5.73 Å². The van der Waals surface area contributed by atoms with E-state index in [4.69, 9.17) is 5.73 Å². The molecule has 2 rings (SSSR count).